The number of nitrogens with two attached hydrogens (primary N) is 2. The zero-order chi connectivity index (χ0) is 19.5. The van der Waals surface area contributed by atoms with Crippen LogP contribution in [0.2, 0.25) is 0 Å². The first kappa shape index (κ1) is 18.0. The number of hydrogen-bond acceptors (Lipinski definition) is 4. The predicted molar refractivity (Wildman–Crippen MR) is 91.0 cm³/mol. The van der Waals surface area contributed by atoms with Crippen LogP contribution in [-0.4, -0.2) is 23.8 Å². The Morgan fingerprint density at radius 2 is 1.78 bits per heavy atom. The summed E-state index contributed by atoms with van der Waals surface area (Å²) in [6.07, 6.45) is 2.06. The van der Waals surface area contributed by atoms with Crippen LogP contribution in [0.25, 0.3) is 5.65 Å². The fourth-order valence-corrected chi connectivity index (χ4v) is 4.09. The first-order valence-corrected chi connectivity index (χ1v) is 9.62. The topological polar surface area (TPSA) is 103 Å². The number of nitrogens with zero attached hydrogens (tertiary/aromatic N) is 2. The Hall–Kier alpha value is -2.43. The molecule has 3 aromatic rings. The zero-order valence-electron chi connectivity index (χ0n) is 13.9. The third kappa shape index (κ3) is 2.99. The third-order valence-electron chi connectivity index (χ3n) is 4.91. The van der Waals surface area contributed by atoms with Crippen LogP contribution in [0.15, 0.2) is 35.4 Å². The summed E-state index contributed by atoms with van der Waals surface area (Å²) in [5.41, 5.74) is 7.91. The Balaban J connectivity index is 1.79. The van der Waals surface area contributed by atoms with Crippen molar-refractivity contribution in [3.63, 3.8) is 0 Å². The molecule has 0 spiro atoms. The molecule has 1 aliphatic carbocycles. The molecule has 0 fully saturated rings. The number of imidazole rings is 1. The van der Waals surface area contributed by atoms with E-state index in [4.69, 9.17) is 10.9 Å². The van der Waals surface area contributed by atoms with E-state index in [0.29, 0.717) is 23.8 Å². The second-order valence-corrected chi connectivity index (χ2v) is 8.17. The molecule has 10 heteroatoms. The van der Waals surface area contributed by atoms with E-state index in [1.54, 1.807) is 4.40 Å². The number of benzene rings is 1. The smallest absolute Gasteiger partial charge is 0.238 e. The standard InChI is InChI=1S/C17H15F3N4O2S/c18-11-6-13(20)12(19)4-9(11)10-5-15-16(7-14(10)21)24-2-1-8(27(22,25)26)3-17(24)23-15/h1-4,6,10,14H,5,7,21H2,(H2,22,25,26)/t10-,14+/m1/s1. The van der Waals surface area contributed by atoms with E-state index in [9.17, 15) is 21.6 Å². The van der Waals surface area contributed by atoms with Crippen molar-refractivity contribution in [2.75, 3.05) is 0 Å². The van der Waals surface area contributed by atoms with E-state index in [1.807, 2.05) is 0 Å². The number of pyridine rings is 1. The van der Waals surface area contributed by atoms with E-state index in [2.05, 4.69) is 4.98 Å². The Bertz CT molecular complexity index is 1180. The summed E-state index contributed by atoms with van der Waals surface area (Å²) in [5.74, 6) is -3.85. The second kappa shape index (κ2) is 6.04. The van der Waals surface area contributed by atoms with Crippen molar-refractivity contribution < 1.29 is 21.6 Å². The van der Waals surface area contributed by atoms with Gasteiger partial charge in [-0.3, -0.25) is 0 Å². The minimum atomic E-state index is -3.88. The lowest BCUT2D eigenvalue weighted by molar-refractivity contribution is 0.446. The van der Waals surface area contributed by atoms with Crippen molar-refractivity contribution >= 4 is 15.7 Å². The Kier molecular flexibility index (Phi) is 4.02. The Morgan fingerprint density at radius 1 is 1.07 bits per heavy atom. The maximum absolute atomic E-state index is 14.2. The van der Waals surface area contributed by atoms with Gasteiger partial charge in [-0.25, -0.2) is 31.7 Å². The van der Waals surface area contributed by atoms with Gasteiger partial charge >= 0.3 is 0 Å². The van der Waals surface area contributed by atoms with Gasteiger partial charge in [0.1, 0.15) is 11.5 Å². The van der Waals surface area contributed by atoms with Gasteiger partial charge in [0.2, 0.25) is 10.0 Å². The maximum Gasteiger partial charge on any atom is 0.238 e. The van der Waals surface area contributed by atoms with Crippen LogP contribution in [0.3, 0.4) is 0 Å². The maximum atomic E-state index is 14.2. The van der Waals surface area contributed by atoms with E-state index >= 15 is 0 Å². The van der Waals surface area contributed by atoms with E-state index in [-0.39, 0.29) is 16.9 Å². The molecule has 2 aromatic heterocycles. The molecule has 0 unspecified atom stereocenters. The SMILES string of the molecule is N[C@H]1Cc2c(nc3cc(S(N)(=O)=O)ccn23)C[C@@H]1c1cc(F)c(F)cc1F. The molecule has 0 aliphatic heterocycles. The number of primary sulfonamides is 1. The number of rotatable bonds is 2. The van der Waals surface area contributed by atoms with Crippen molar-refractivity contribution in [2.24, 2.45) is 10.9 Å². The van der Waals surface area contributed by atoms with Crippen molar-refractivity contribution in [1.29, 1.82) is 0 Å². The number of aromatic nitrogens is 2. The summed E-state index contributed by atoms with van der Waals surface area (Å²) in [5, 5.41) is 5.14. The summed E-state index contributed by atoms with van der Waals surface area (Å²) in [7, 11) is -3.88. The summed E-state index contributed by atoms with van der Waals surface area (Å²) in [4.78, 5) is 4.33. The van der Waals surface area contributed by atoms with Crippen molar-refractivity contribution in [3.8, 4) is 0 Å². The minimum Gasteiger partial charge on any atom is -0.327 e. The van der Waals surface area contributed by atoms with Crippen LogP contribution < -0.4 is 10.9 Å². The van der Waals surface area contributed by atoms with Crippen LogP contribution in [-0.2, 0) is 22.9 Å². The Labute approximate surface area is 152 Å². The molecule has 2 heterocycles. The van der Waals surface area contributed by atoms with Gasteiger partial charge in [-0.2, -0.15) is 0 Å². The molecular weight excluding hydrogens is 381 g/mol. The monoisotopic (exact) mass is 396 g/mol. The number of hydrogen-bond donors (Lipinski definition) is 2. The molecule has 2 atom stereocenters. The van der Waals surface area contributed by atoms with Crippen molar-refractivity contribution in [1.82, 2.24) is 9.38 Å². The Morgan fingerprint density at radius 3 is 2.48 bits per heavy atom. The fourth-order valence-electron chi connectivity index (χ4n) is 3.57. The quantitative estimate of drug-likeness (QED) is 0.642. The highest BCUT2D eigenvalue weighted by Crippen LogP contribution is 2.34. The van der Waals surface area contributed by atoms with Gasteiger partial charge in [0.05, 0.1) is 10.6 Å². The number of fused-ring (bicyclic) bond motifs is 3. The van der Waals surface area contributed by atoms with Gasteiger partial charge in [0.25, 0.3) is 0 Å². The zero-order valence-corrected chi connectivity index (χ0v) is 14.7. The lowest BCUT2D eigenvalue weighted by atomic mass is 9.80. The highest BCUT2D eigenvalue weighted by molar-refractivity contribution is 7.89. The van der Waals surface area contributed by atoms with Crippen LogP contribution >= 0.6 is 0 Å². The molecule has 0 bridgehead atoms. The molecular formula is C17H15F3N4O2S. The van der Waals surface area contributed by atoms with Crippen molar-refractivity contribution in [2.45, 2.75) is 29.7 Å². The lowest BCUT2D eigenvalue weighted by Crippen LogP contribution is -2.37. The van der Waals surface area contributed by atoms with E-state index in [1.165, 1.54) is 18.3 Å². The fraction of sp³-hybridized carbons (Fsp3) is 0.235. The first-order chi connectivity index (χ1) is 12.6. The molecule has 0 radical (unpaired) electrons. The van der Waals surface area contributed by atoms with Crippen LogP contribution in [0, 0.1) is 17.5 Å². The molecule has 0 saturated carbocycles. The van der Waals surface area contributed by atoms with Gasteiger partial charge in [0.15, 0.2) is 11.6 Å². The number of sulfonamides is 1. The molecule has 1 aromatic carbocycles. The molecule has 27 heavy (non-hydrogen) atoms. The first-order valence-electron chi connectivity index (χ1n) is 8.08. The van der Waals surface area contributed by atoms with Gasteiger partial charge < -0.3 is 10.1 Å². The normalized spacial score (nSPS) is 20.0. The number of halogens is 3. The summed E-state index contributed by atoms with van der Waals surface area (Å²) in [6, 6.07) is 3.49. The molecule has 0 amide bonds. The molecule has 1 aliphatic rings. The van der Waals surface area contributed by atoms with Crippen LogP contribution in [0.5, 0.6) is 0 Å². The summed E-state index contributed by atoms with van der Waals surface area (Å²) >= 11 is 0. The molecule has 4 rings (SSSR count). The average Bonchev–Trinajstić information content (AvgIpc) is 2.93. The second-order valence-electron chi connectivity index (χ2n) is 6.61. The highest BCUT2D eigenvalue weighted by atomic mass is 32.2. The lowest BCUT2D eigenvalue weighted by Gasteiger charge is -2.29. The summed E-state index contributed by atoms with van der Waals surface area (Å²) < 4.78 is 65.7. The van der Waals surface area contributed by atoms with Crippen LogP contribution in [0.4, 0.5) is 13.2 Å². The van der Waals surface area contributed by atoms with E-state index < -0.39 is 39.4 Å². The summed E-state index contributed by atoms with van der Waals surface area (Å²) in [6.45, 7) is 0. The minimum absolute atomic E-state index is 0.00525. The van der Waals surface area contributed by atoms with E-state index in [0.717, 1.165) is 11.8 Å². The van der Waals surface area contributed by atoms with Gasteiger partial charge in [-0.15, -0.1) is 0 Å². The highest BCUT2D eigenvalue weighted by Gasteiger charge is 2.33. The van der Waals surface area contributed by atoms with Crippen molar-refractivity contribution in [3.05, 3.63) is 64.9 Å². The van der Waals surface area contributed by atoms with Gasteiger partial charge in [0, 0.05) is 42.4 Å². The largest absolute Gasteiger partial charge is 0.327 e. The molecule has 4 N–H and O–H groups in total. The predicted octanol–water partition coefficient (Wildman–Crippen LogP) is 1.61. The molecule has 6 nitrogen and oxygen atoms in total. The third-order valence-corrected chi connectivity index (χ3v) is 5.82. The van der Waals surface area contributed by atoms with Gasteiger partial charge in [-0.1, -0.05) is 0 Å². The molecule has 142 valence electrons. The molecule has 0 saturated heterocycles. The van der Waals surface area contributed by atoms with Gasteiger partial charge in [-0.05, 0) is 24.1 Å². The average molecular weight is 396 g/mol. The van der Waals surface area contributed by atoms with Crippen LogP contribution in [0.1, 0.15) is 22.9 Å².